The van der Waals surface area contributed by atoms with Crippen LogP contribution in [-0.4, -0.2) is 33.7 Å². The van der Waals surface area contributed by atoms with Gasteiger partial charge < -0.3 is 5.32 Å². The van der Waals surface area contributed by atoms with Crippen molar-refractivity contribution in [1.29, 1.82) is 5.26 Å². The van der Waals surface area contributed by atoms with Crippen molar-refractivity contribution in [2.24, 2.45) is 10.1 Å². The van der Waals surface area contributed by atoms with Crippen LogP contribution in [0.2, 0.25) is 0 Å². The second-order valence-electron chi connectivity index (χ2n) is 4.36. The van der Waals surface area contributed by atoms with Crippen molar-refractivity contribution in [1.82, 2.24) is 15.3 Å². The minimum absolute atomic E-state index is 0.413. The van der Waals surface area contributed by atoms with Crippen molar-refractivity contribution < 1.29 is 0 Å². The number of hydrazone groups is 1. The fourth-order valence-electron chi connectivity index (χ4n) is 1.97. The molecule has 0 atom stereocenters. The van der Waals surface area contributed by atoms with E-state index in [0.717, 1.165) is 16.4 Å². The third-order valence-electron chi connectivity index (χ3n) is 2.91. The Morgan fingerprint density at radius 1 is 1.50 bits per heavy atom. The zero-order valence-corrected chi connectivity index (χ0v) is 13.5. The monoisotopic (exact) mass is 314 g/mol. The first kappa shape index (κ1) is 16.0. The summed E-state index contributed by atoms with van der Waals surface area (Å²) in [6.07, 6.45) is 5.19. The Labute approximate surface area is 134 Å². The van der Waals surface area contributed by atoms with E-state index in [0.29, 0.717) is 24.6 Å². The minimum atomic E-state index is 0.413. The van der Waals surface area contributed by atoms with Gasteiger partial charge in [0.1, 0.15) is 29.2 Å². The number of thioether (sulfide) groups is 1. The molecule has 0 fully saturated rings. The Balaban J connectivity index is 2.26. The molecule has 0 radical (unpaired) electrons. The molecular weight excluding hydrogens is 296 g/mol. The molecule has 2 rings (SSSR count). The molecule has 2 heterocycles. The van der Waals surface area contributed by atoms with E-state index in [9.17, 15) is 5.26 Å². The largest absolute Gasteiger partial charge is 0.365 e. The molecule has 0 saturated heterocycles. The first-order chi connectivity index (χ1) is 10.8. The molecule has 6 nitrogen and oxygen atoms in total. The Bertz CT molecular complexity index is 629. The maximum Gasteiger partial charge on any atom is 0.145 e. The number of aliphatic imine (C=N–C) groups is 1. The lowest BCUT2D eigenvalue weighted by atomic mass is 10.2. The predicted octanol–water partition coefficient (Wildman–Crippen LogP) is 2.34. The highest BCUT2D eigenvalue weighted by atomic mass is 32.2. The molecule has 0 aliphatic carbocycles. The van der Waals surface area contributed by atoms with Gasteiger partial charge in [-0.1, -0.05) is 6.92 Å². The number of nitrogens with one attached hydrogen (secondary N) is 1. The maximum atomic E-state index is 9.51. The highest BCUT2D eigenvalue weighted by Crippen LogP contribution is 2.22. The van der Waals surface area contributed by atoms with Gasteiger partial charge in [0.15, 0.2) is 0 Å². The third kappa shape index (κ3) is 3.86. The quantitative estimate of drug-likeness (QED) is 0.844. The van der Waals surface area contributed by atoms with Gasteiger partial charge in [0.2, 0.25) is 0 Å². The summed E-state index contributed by atoms with van der Waals surface area (Å²) in [5, 5.41) is 19.6. The van der Waals surface area contributed by atoms with Crippen molar-refractivity contribution in [3.63, 3.8) is 0 Å². The van der Waals surface area contributed by atoms with Crippen LogP contribution in [0.5, 0.6) is 0 Å². The van der Waals surface area contributed by atoms with Crippen LogP contribution in [0.3, 0.4) is 0 Å². The molecule has 0 spiro atoms. The second kappa shape index (κ2) is 8.20. The van der Waals surface area contributed by atoms with Crippen molar-refractivity contribution in [3.05, 3.63) is 41.5 Å². The van der Waals surface area contributed by atoms with Gasteiger partial charge in [0, 0.05) is 25.2 Å². The molecule has 0 amide bonds. The van der Waals surface area contributed by atoms with Crippen molar-refractivity contribution in [2.75, 3.05) is 12.4 Å². The predicted molar refractivity (Wildman–Crippen MR) is 90.2 cm³/mol. The first-order valence-electron chi connectivity index (χ1n) is 7.01. The van der Waals surface area contributed by atoms with Crippen LogP contribution in [0, 0.1) is 11.3 Å². The average Bonchev–Trinajstić information content (AvgIpc) is 2.56. The lowest BCUT2D eigenvalue weighted by Crippen LogP contribution is -2.34. The molecule has 1 aromatic rings. The van der Waals surface area contributed by atoms with Gasteiger partial charge >= 0.3 is 0 Å². The summed E-state index contributed by atoms with van der Waals surface area (Å²) >= 11 is 1.57. The highest BCUT2D eigenvalue weighted by molar-refractivity contribution is 8.14. The third-order valence-corrected chi connectivity index (χ3v) is 3.81. The summed E-state index contributed by atoms with van der Waals surface area (Å²) in [5.41, 5.74) is 1.63. The van der Waals surface area contributed by atoms with Crippen molar-refractivity contribution in [2.45, 2.75) is 20.4 Å². The van der Waals surface area contributed by atoms with E-state index >= 15 is 0 Å². The van der Waals surface area contributed by atoms with Gasteiger partial charge in [-0.15, -0.1) is 11.8 Å². The average molecular weight is 314 g/mol. The number of aromatic nitrogens is 1. The molecule has 7 heteroatoms. The molecule has 1 aliphatic rings. The Morgan fingerprint density at radius 2 is 2.27 bits per heavy atom. The molecule has 0 saturated carbocycles. The van der Waals surface area contributed by atoms with Gasteiger partial charge in [-0.05, 0) is 30.4 Å². The molecular formula is C15H18N6S. The number of nitriles is 1. The molecule has 1 N–H and O–H groups in total. The highest BCUT2D eigenvalue weighted by Gasteiger charge is 2.23. The van der Waals surface area contributed by atoms with Crippen molar-refractivity contribution >= 4 is 23.0 Å². The van der Waals surface area contributed by atoms with Gasteiger partial charge in [-0.2, -0.15) is 10.4 Å². The molecule has 0 aromatic carbocycles. The SMILES string of the molecule is C/C=N\N1CN=C(SCC)C(C#N)=C1NCc1ccncc1. The summed E-state index contributed by atoms with van der Waals surface area (Å²) in [5.74, 6) is 1.57. The van der Waals surface area contributed by atoms with E-state index < -0.39 is 0 Å². The van der Waals surface area contributed by atoms with Gasteiger partial charge in [0.25, 0.3) is 0 Å². The van der Waals surface area contributed by atoms with E-state index in [1.165, 1.54) is 0 Å². The van der Waals surface area contributed by atoms with Gasteiger partial charge in [-0.3, -0.25) is 9.98 Å². The number of hydrogen-bond acceptors (Lipinski definition) is 7. The first-order valence-corrected chi connectivity index (χ1v) is 7.99. The Morgan fingerprint density at radius 3 is 2.91 bits per heavy atom. The normalized spacial score (nSPS) is 15.0. The van der Waals surface area contributed by atoms with Crippen LogP contribution in [-0.2, 0) is 6.54 Å². The lowest BCUT2D eigenvalue weighted by Gasteiger charge is -2.27. The second-order valence-corrected chi connectivity index (χ2v) is 5.61. The molecule has 0 unspecified atom stereocenters. The summed E-state index contributed by atoms with van der Waals surface area (Å²) in [7, 11) is 0. The standard InChI is InChI=1S/C15H18N6S/c1-3-20-21-11-19-15(22-4-2)13(9-16)14(21)18-10-12-5-7-17-8-6-12/h3,5-8,18H,4,10-11H2,1-2H3/b20-3-. The van der Waals surface area contributed by atoms with Crippen LogP contribution in [0.25, 0.3) is 0 Å². The fraction of sp³-hybridized carbons (Fsp3) is 0.333. The molecule has 22 heavy (non-hydrogen) atoms. The zero-order valence-electron chi connectivity index (χ0n) is 12.7. The maximum absolute atomic E-state index is 9.51. The van der Waals surface area contributed by atoms with E-state index in [4.69, 9.17) is 0 Å². The van der Waals surface area contributed by atoms with E-state index in [-0.39, 0.29) is 0 Å². The smallest absolute Gasteiger partial charge is 0.145 e. The fourth-order valence-corrected chi connectivity index (χ4v) is 2.68. The number of nitrogens with zero attached hydrogens (tertiary/aromatic N) is 5. The van der Waals surface area contributed by atoms with Crippen LogP contribution in [0.4, 0.5) is 0 Å². The summed E-state index contributed by atoms with van der Waals surface area (Å²) in [4.78, 5) is 8.44. The van der Waals surface area contributed by atoms with Crippen LogP contribution in [0.1, 0.15) is 19.4 Å². The Hall–Kier alpha value is -2.33. The topological polar surface area (TPSA) is 76.7 Å². The minimum Gasteiger partial charge on any atom is -0.365 e. The van der Waals surface area contributed by atoms with Gasteiger partial charge in [0.05, 0.1) is 0 Å². The van der Waals surface area contributed by atoms with Gasteiger partial charge in [-0.25, -0.2) is 5.01 Å². The van der Waals surface area contributed by atoms with E-state index in [1.54, 1.807) is 35.4 Å². The number of rotatable bonds is 5. The Kier molecular flexibility index (Phi) is 5.98. The number of pyridine rings is 1. The van der Waals surface area contributed by atoms with Crippen LogP contribution in [0.15, 0.2) is 46.0 Å². The van der Waals surface area contributed by atoms with Crippen LogP contribution >= 0.6 is 11.8 Å². The summed E-state index contributed by atoms with van der Waals surface area (Å²) in [6.45, 7) is 4.90. The summed E-state index contributed by atoms with van der Waals surface area (Å²) < 4.78 is 0. The molecule has 1 aromatic heterocycles. The van der Waals surface area contributed by atoms with Crippen molar-refractivity contribution in [3.8, 4) is 6.07 Å². The number of hydrogen-bond donors (Lipinski definition) is 1. The molecule has 1 aliphatic heterocycles. The summed E-state index contributed by atoms with van der Waals surface area (Å²) in [6, 6.07) is 6.12. The zero-order chi connectivity index (χ0) is 15.8. The van der Waals surface area contributed by atoms with E-state index in [2.05, 4.69) is 26.5 Å². The molecule has 0 bridgehead atoms. The lowest BCUT2D eigenvalue weighted by molar-refractivity contribution is 0.341. The van der Waals surface area contributed by atoms with Crippen LogP contribution < -0.4 is 5.32 Å². The molecule has 114 valence electrons. The van der Waals surface area contributed by atoms with E-state index in [1.807, 2.05) is 26.0 Å².